The molecule has 0 aliphatic carbocycles. The minimum Gasteiger partial charge on any atom is -0.465 e. The van der Waals surface area contributed by atoms with Crippen molar-refractivity contribution in [2.24, 2.45) is 0 Å². The maximum atomic E-state index is 12.8. The van der Waals surface area contributed by atoms with Crippen LogP contribution in [-0.4, -0.2) is 24.0 Å². The predicted octanol–water partition coefficient (Wildman–Crippen LogP) is 3.89. The fraction of sp³-hybridized carbons (Fsp3) is 0.150. The van der Waals surface area contributed by atoms with Gasteiger partial charge in [-0.2, -0.15) is 0 Å². The number of hydrogen-bond acceptors (Lipinski definition) is 4. The summed E-state index contributed by atoms with van der Waals surface area (Å²) in [5, 5.41) is 3.68. The van der Waals surface area contributed by atoms with E-state index >= 15 is 0 Å². The first-order chi connectivity index (χ1) is 12.0. The van der Waals surface area contributed by atoms with Crippen LogP contribution in [0.2, 0.25) is 0 Å². The number of rotatable bonds is 3. The Morgan fingerprint density at radius 2 is 1.80 bits per heavy atom. The Bertz CT molecular complexity index is 980. The van der Waals surface area contributed by atoms with Gasteiger partial charge in [-0.15, -0.1) is 0 Å². The number of pyridine rings is 1. The molecule has 1 aromatic heterocycles. The molecule has 126 valence electrons. The Balaban J connectivity index is 2.00. The van der Waals surface area contributed by atoms with E-state index in [9.17, 15) is 9.59 Å². The average molecular weight is 334 g/mol. The molecule has 3 aromatic rings. The van der Waals surface area contributed by atoms with Gasteiger partial charge in [-0.25, -0.2) is 4.79 Å². The van der Waals surface area contributed by atoms with Gasteiger partial charge < -0.3 is 10.1 Å². The van der Waals surface area contributed by atoms with Crippen molar-refractivity contribution < 1.29 is 14.3 Å². The van der Waals surface area contributed by atoms with Gasteiger partial charge in [0.2, 0.25) is 0 Å². The number of esters is 1. The molecule has 1 N–H and O–H groups in total. The van der Waals surface area contributed by atoms with E-state index in [2.05, 4.69) is 10.3 Å². The highest BCUT2D eigenvalue weighted by molar-refractivity contribution is 6.12. The maximum absolute atomic E-state index is 12.8. The lowest BCUT2D eigenvalue weighted by atomic mass is 10.1. The first-order valence-corrected chi connectivity index (χ1v) is 7.86. The summed E-state index contributed by atoms with van der Waals surface area (Å²) in [6.07, 6.45) is 0. The molecule has 0 spiro atoms. The second-order valence-electron chi connectivity index (χ2n) is 5.80. The average Bonchev–Trinajstić information content (AvgIpc) is 2.62. The van der Waals surface area contributed by atoms with E-state index in [1.165, 1.54) is 7.11 Å². The molecule has 1 heterocycles. The number of amides is 1. The number of para-hydroxylation sites is 1. The van der Waals surface area contributed by atoms with Gasteiger partial charge in [0.1, 0.15) is 0 Å². The summed E-state index contributed by atoms with van der Waals surface area (Å²) in [6.45, 7) is 3.72. The molecule has 0 bridgehead atoms. The van der Waals surface area contributed by atoms with E-state index in [4.69, 9.17) is 4.74 Å². The van der Waals surface area contributed by atoms with E-state index in [1.807, 2.05) is 38.1 Å². The van der Waals surface area contributed by atoms with Crippen molar-refractivity contribution in [1.82, 2.24) is 4.98 Å². The van der Waals surface area contributed by atoms with E-state index in [0.717, 1.165) is 22.2 Å². The Morgan fingerprint density at radius 3 is 2.56 bits per heavy atom. The SMILES string of the molecule is COC(=O)c1ccc(C)c(NC(=O)c2cc(C)nc3ccccc23)c1. The molecule has 3 rings (SSSR count). The zero-order valence-electron chi connectivity index (χ0n) is 14.3. The van der Waals surface area contributed by atoms with Gasteiger partial charge in [0.25, 0.3) is 5.91 Å². The van der Waals surface area contributed by atoms with Crippen molar-refractivity contribution in [3.63, 3.8) is 0 Å². The quantitative estimate of drug-likeness (QED) is 0.738. The highest BCUT2D eigenvalue weighted by Crippen LogP contribution is 2.22. The molecular formula is C20H18N2O3. The lowest BCUT2D eigenvalue weighted by Crippen LogP contribution is -2.14. The fourth-order valence-corrected chi connectivity index (χ4v) is 2.69. The number of fused-ring (bicyclic) bond motifs is 1. The number of aromatic nitrogens is 1. The molecule has 1 amide bonds. The van der Waals surface area contributed by atoms with Gasteiger partial charge >= 0.3 is 5.97 Å². The van der Waals surface area contributed by atoms with E-state index in [0.29, 0.717) is 16.8 Å². The van der Waals surface area contributed by atoms with E-state index < -0.39 is 5.97 Å². The molecule has 25 heavy (non-hydrogen) atoms. The first kappa shape index (κ1) is 16.6. The van der Waals surface area contributed by atoms with Crippen LogP contribution in [0.15, 0.2) is 48.5 Å². The van der Waals surface area contributed by atoms with Crippen LogP contribution in [0.4, 0.5) is 5.69 Å². The number of nitrogens with one attached hydrogen (secondary N) is 1. The first-order valence-electron chi connectivity index (χ1n) is 7.86. The number of aryl methyl sites for hydroxylation is 2. The zero-order chi connectivity index (χ0) is 18.0. The van der Waals surface area contributed by atoms with Crippen molar-refractivity contribution in [2.75, 3.05) is 12.4 Å². The molecule has 0 fully saturated rings. The maximum Gasteiger partial charge on any atom is 0.337 e. The highest BCUT2D eigenvalue weighted by Gasteiger charge is 2.14. The number of benzene rings is 2. The van der Waals surface area contributed by atoms with E-state index in [-0.39, 0.29) is 5.91 Å². The minimum absolute atomic E-state index is 0.244. The smallest absolute Gasteiger partial charge is 0.337 e. The number of carbonyl (C=O) groups excluding carboxylic acids is 2. The lowest BCUT2D eigenvalue weighted by Gasteiger charge is -2.12. The topological polar surface area (TPSA) is 68.3 Å². The predicted molar refractivity (Wildman–Crippen MR) is 97.0 cm³/mol. The third-order valence-electron chi connectivity index (χ3n) is 4.00. The molecule has 0 aliphatic heterocycles. The van der Waals surface area contributed by atoms with Gasteiger partial charge in [-0.1, -0.05) is 24.3 Å². The van der Waals surface area contributed by atoms with Crippen LogP contribution < -0.4 is 5.32 Å². The fourth-order valence-electron chi connectivity index (χ4n) is 2.69. The molecule has 0 saturated heterocycles. The van der Waals surface area contributed by atoms with Crippen LogP contribution in [0.1, 0.15) is 32.0 Å². The summed E-state index contributed by atoms with van der Waals surface area (Å²) in [4.78, 5) is 29.0. The third kappa shape index (κ3) is 3.35. The lowest BCUT2D eigenvalue weighted by molar-refractivity contribution is 0.0600. The number of hydrogen-bond donors (Lipinski definition) is 1. The van der Waals surface area contributed by atoms with Crippen LogP contribution in [0.3, 0.4) is 0 Å². The molecule has 0 radical (unpaired) electrons. The third-order valence-corrected chi connectivity index (χ3v) is 4.00. The summed E-state index contributed by atoms with van der Waals surface area (Å²) in [5.74, 6) is -0.687. The van der Waals surface area contributed by atoms with Crippen molar-refractivity contribution >= 4 is 28.5 Å². The van der Waals surface area contributed by atoms with Crippen LogP contribution in [0.25, 0.3) is 10.9 Å². The summed E-state index contributed by atoms with van der Waals surface area (Å²) in [7, 11) is 1.33. The molecule has 5 nitrogen and oxygen atoms in total. The van der Waals surface area contributed by atoms with E-state index in [1.54, 1.807) is 24.3 Å². The molecule has 5 heteroatoms. The molecule has 0 saturated carbocycles. The van der Waals surface area contributed by atoms with Crippen LogP contribution in [0.5, 0.6) is 0 Å². The minimum atomic E-state index is -0.444. The zero-order valence-corrected chi connectivity index (χ0v) is 14.3. The second kappa shape index (κ2) is 6.73. The molecule has 0 atom stereocenters. The van der Waals surface area contributed by atoms with Gasteiger partial charge in [0, 0.05) is 16.8 Å². The Kier molecular flexibility index (Phi) is 4.48. The van der Waals surface area contributed by atoms with Gasteiger partial charge in [-0.05, 0) is 43.7 Å². The number of anilines is 1. The summed E-state index contributed by atoms with van der Waals surface area (Å²) < 4.78 is 4.73. The van der Waals surface area contributed by atoms with Crippen molar-refractivity contribution in [3.8, 4) is 0 Å². The number of nitrogens with zero attached hydrogens (tertiary/aromatic N) is 1. The van der Waals surface area contributed by atoms with Crippen molar-refractivity contribution in [3.05, 3.63) is 70.9 Å². The number of ether oxygens (including phenoxy) is 1. The molecular weight excluding hydrogens is 316 g/mol. The van der Waals surface area contributed by atoms with Crippen molar-refractivity contribution in [1.29, 1.82) is 0 Å². The number of carbonyl (C=O) groups is 2. The molecule has 2 aromatic carbocycles. The Morgan fingerprint density at radius 1 is 1.04 bits per heavy atom. The normalized spacial score (nSPS) is 10.5. The highest BCUT2D eigenvalue weighted by atomic mass is 16.5. The molecule has 0 unspecified atom stereocenters. The van der Waals surface area contributed by atoms with Crippen LogP contribution >= 0.6 is 0 Å². The van der Waals surface area contributed by atoms with Gasteiger partial charge in [-0.3, -0.25) is 9.78 Å². The van der Waals surface area contributed by atoms with Gasteiger partial charge in [0.05, 0.1) is 23.8 Å². The summed E-state index contributed by atoms with van der Waals surface area (Å²) >= 11 is 0. The number of methoxy groups -OCH3 is 1. The Labute approximate surface area is 145 Å². The van der Waals surface area contributed by atoms with Crippen LogP contribution in [0, 0.1) is 13.8 Å². The van der Waals surface area contributed by atoms with Gasteiger partial charge in [0.15, 0.2) is 0 Å². The van der Waals surface area contributed by atoms with Crippen molar-refractivity contribution in [2.45, 2.75) is 13.8 Å². The summed E-state index contributed by atoms with van der Waals surface area (Å²) in [6, 6.07) is 14.3. The Hall–Kier alpha value is -3.21. The van der Waals surface area contributed by atoms with Crippen LogP contribution in [-0.2, 0) is 4.74 Å². The molecule has 0 aliphatic rings. The monoisotopic (exact) mass is 334 g/mol. The largest absolute Gasteiger partial charge is 0.465 e. The summed E-state index contributed by atoms with van der Waals surface area (Å²) in [5.41, 5.74) is 3.91. The standard InChI is InChI=1S/C20H18N2O3/c1-12-8-9-14(20(24)25-3)11-18(12)22-19(23)16-10-13(2)21-17-7-5-4-6-15(16)17/h4-11H,1-3H3,(H,22,23). The second-order valence-corrected chi connectivity index (χ2v) is 5.80.